The molecular formula is C20H33NO2. The van der Waals surface area contributed by atoms with Crippen LogP contribution in [0.1, 0.15) is 50.7 Å². The number of nitrogens with one attached hydrogen (secondary N) is 1. The van der Waals surface area contributed by atoms with E-state index >= 15 is 0 Å². The van der Waals surface area contributed by atoms with Crippen LogP contribution >= 0.6 is 0 Å². The summed E-state index contributed by atoms with van der Waals surface area (Å²) in [6.07, 6.45) is 5.10. The molecule has 1 heterocycles. The van der Waals surface area contributed by atoms with Crippen LogP contribution in [0.2, 0.25) is 0 Å². The van der Waals surface area contributed by atoms with Gasteiger partial charge in [0, 0.05) is 19.7 Å². The van der Waals surface area contributed by atoms with Crippen molar-refractivity contribution in [2.24, 2.45) is 5.41 Å². The summed E-state index contributed by atoms with van der Waals surface area (Å²) < 4.78 is 11.6. The second-order valence-corrected chi connectivity index (χ2v) is 7.65. The Kier molecular flexibility index (Phi) is 6.91. The Balaban J connectivity index is 1.62. The number of ether oxygens (including phenoxy) is 2. The van der Waals surface area contributed by atoms with Crippen LogP contribution in [0.15, 0.2) is 18.2 Å². The van der Waals surface area contributed by atoms with Gasteiger partial charge in [0.15, 0.2) is 0 Å². The SMILES string of the molecule is Cc1ccc(C)c(OCCCC(C)(C)CNCC2CCCO2)c1. The van der Waals surface area contributed by atoms with E-state index in [2.05, 4.69) is 51.2 Å². The summed E-state index contributed by atoms with van der Waals surface area (Å²) >= 11 is 0. The average molecular weight is 319 g/mol. The van der Waals surface area contributed by atoms with Gasteiger partial charge in [-0.05, 0) is 62.1 Å². The quantitative estimate of drug-likeness (QED) is 0.690. The molecule has 1 N–H and O–H groups in total. The molecule has 1 aliphatic rings. The summed E-state index contributed by atoms with van der Waals surface area (Å²) in [6.45, 7) is 12.6. The first kappa shape index (κ1) is 18.3. The van der Waals surface area contributed by atoms with Gasteiger partial charge in [0.1, 0.15) is 5.75 Å². The van der Waals surface area contributed by atoms with Gasteiger partial charge in [-0.2, -0.15) is 0 Å². The van der Waals surface area contributed by atoms with Gasteiger partial charge in [-0.25, -0.2) is 0 Å². The van der Waals surface area contributed by atoms with Crippen molar-refractivity contribution >= 4 is 0 Å². The van der Waals surface area contributed by atoms with Crippen LogP contribution in [-0.4, -0.2) is 32.4 Å². The molecule has 130 valence electrons. The van der Waals surface area contributed by atoms with Crippen molar-refractivity contribution in [3.8, 4) is 5.75 Å². The topological polar surface area (TPSA) is 30.5 Å². The Hall–Kier alpha value is -1.06. The van der Waals surface area contributed by atoms with Gasteiger partial charge in [0.05, 0.1) is 12.7 Å². The molecule has 0 aromatic heterocycles. The highest BCUT2D eigenvalue weighted by molar-refractivity contribution is 5.35. The number of aryl methyl sites for hydroxylation is 2. The predicted molar refractivity (Wildman–Crippen MR) is 96.3 cm³/mol. The number of hydrogen-bond donors (Lipinski definition) is 1. The molecule has 1 fully saturated rings. The molecule has 1 atom stereocenters. The van der Waals surface area contributed by atoms with Crippen LogP contribution in [0.5, 0.6) is 5.75 Å². The molecule has 1 aromatic carbocycles. The predicted octanol–water partition coefficient (Wildman–Crippen LogP) is 4.26. The van der Waals surface area contributed by atoms with Crippen LogP contribution in [0.25, 0.3) is 0 Å². The zero-order chi connectivity index (χ0) is 16.7. The van der Waals surface area contributed by atoms with Crippen LogP contribution in [0.4, 0.5) is 0 Å². The third kappa shape index (κ3) is 6.52. The van der Waals surface area contributed by atoms with E-state index in [9.17, 15) is 0 Å². The monoisotopic (exact) mass is 319 g/mol. The Bertz CT molecular complexity index is 479. The van der Waals surface area contributed by atoms with E-state index in [1.165, 1.54) is 24.0 Å². The third-order valence-corrected chi connectivity index (χ3v) is 4.60. The summed E-state index contributed by atoms with van der Waals surface area (Å²) in [5, 5.41) is 3.58. The molecule has 0 bridgehead atoms. The van der Waals surface area contributed by atoms with Gasteiger partial charge in [0.25, 0.3) is 0 Å². The Labute approximate surface area is 141 Å². The summed E-state index contributed by atoms with van der Waals surface area (Å²) in [6, 6.07) is 6.39. The molecule has 0 aliphatic carbocycles. The van der Waals surface area contributed by atoms with Crippen molar-refractivity contribution in [1.82, 2.24) is 5.32 Å². The van der Waals surface area contributed by atoms with Gasteiger partial charge < -0.3 is 14.8 Å². The lowest BCUT2D eigenvalue weighted by Crippen LogP contribution is -2.34. The number of rotatable bonds is 9. The van der Waals surface area contributed by atoms with Crippen LogP contribution in [-0.2, 0) is 4.74 Å². The van der Waals surface area contributed by atoms with Crippen LogP contribution in [0, 0.1) is 19.3 Å². The van der Waals surface area contributed by atoms with E-state index in [1.807, 2.05) is 0 Å². The minimum atomic E-state index is 0.295. The Morgan fingerprint density at radius 1 is 1.30 bits per heavy atom. The molecule has 1 saturated heterocycles. The fraction of sp³-hybridized carbons (Fsp3) is 0.700. The molecule has 3 nitrogen and oxygen atoms in total. The third-order valence-electron chi connectivity index (χ3n) is 4.60. The van der Waals surface area contributed by atoms with Gasteiger partial charge in [0.2, 0.25) is 0 Å². The van der Waals surface area contributed by atoms with Gasteiger partial charge in [-0.15, -0.1) is 0 Å². The van der Waals surface area contributed by atoms with Gasteiger partial charge in [-0.3, -0.25) is 0 Å². The van der Waals surface area contributed by atoms with Gasteiger partial charge in [-0.1, -0.05) is 26.0 Å². The highest BCUT2D eigenvalue weighted by Crippen LogP contribution is 2.23. The Morgan fingerprint density at radius 3 is 2.87 bits per heavy atom. The first-order valence-corrected chi connectivity index (χ1v) is 8.99. The van der Waals surface area contributed by atoms with E-state index in [0.717, 1.165) is 44.9 Å². The normalized spacial score (nSPS) is 18.3. The van der Waals surface area contributed by atoms with E-state index in [4.69, 9.17) is 9.47 Å². The first-order valence-electron chi connectivity index (χ1n) is 8.99. The molecule has 23 heavy (non-hydrogen) atoms. The zero-order valence-corrected chi connectivity index (χ0v) is 15.3. The molecule has 1 aromatic rings. The van der Waals surface area contributed by atoms with E-state index in [1.54, 1.807) is 0 Å². The van der Waals surface area contributed by atoms with E-state index in [-0.39, 0.29) is 0 Å². The summed E-state index contributed by atoms with van der Waals surface area (Å²) in [7, 11) is 0. The van der Waals surface area contributed by atoms with Crippen molar-refractivity contribution in [2.75, 3.05) is 26.3 Å². The molecule has 2 rings (SSSR count). The maximum atomic E-state index is 5.96. The molecule has 1 aliphatic heterocycles. The molecule has 0 spiro atoms. The number of hydrogen-bond acceptors (Lipinski definition) is 3. The van der Waals surface area contributed by atoms with Crippen LogP contribution in [0.3, 0.4) is 0 Å². The fourth-order valence-corrected chi connectivity index (χ4v) is 3.06. The summed E-state index contributed by atoms with van der Waals surface area (Å²) in [4.78, 5) is 0. The largest absolute Gasteiger partial charge is 0.493 e. The van der Waals surface area contributed by atoms with Crippen molar-refractivity contribution < 1.29 is 9.47 Å². The second-order valence-electron chi connectivity index (χ2n) is 7.65. The highest BCUT2D eigenvalue weighted by atomic mass is 16.5. The standard InChI is InChI=1S/C20H33NO2/c1-16-8-9-17(2)19(13-16)23-12-6-10-20(3,4)15-21-14-18-7-5-11-22-18/h8-9,13,18,21H,5-7,10-12,14-15H2,1-4H3. The molecule has 0 radical (unpaired) electrons. The van der Waals surface area contributed by atoms with Crippen molar-refractivity contribution in [1.29, 1.82) is 0 Å². The lowest BCUT2D eigenvalue weighted by atomic mass is 9.88. The average Bonchev–Trinajstić information content (AvgIpc) is 3.00. The molecule has 1 unspecified atom stereocenters. The van der Waals surface area contributed by atoms with Crippen molar-refractivity contribution in [3.05, 3.63) is 29.3 Å². The molecule has 3 heteroatoms. The number of benzene rings is 1. The minimum absolute atomic E-state index is 0.295. The highest BCUT2D eigenvalue weighted by Gasteiger charge is 2.20. The first-order chi connectivity index (χ1) is 11.0. The molecule has 0 amide bonds. The lowest BCUT2D eigenvalue weighted by molar-refractivity contribution is 0.107. The Morgan fingerprint density at radius 2 is 2.13 bits per heavy atom. The lowest BCUT2D eigenvalue weighted by Gasteiger charge is -2.26. The van der Waals surface area contributed by atoms with Crippen molar-refractivity contribution in [2.45, 2.75) is 59.5 Å². The second kappa shape index (κ2) is 8.70. The fourth-order valence-electron chi connectivity index (χ4n) is 3.06. The molecule has 0 saturated carbocycles. The van der Waals surface area contributed by atoms with Crippen molar-refractivity contribution in [3.63, 3.8) is 0 Å². The molecular weight excluding hydrogens is 286 g/mol. The summed E-state index contributed by atoms with van der Waals surface area (Å²) in [5.74, 6) is 1.03. The maximum absolute atomic E-state index is 5.96. The van der Waals surface area contributed by atoms with Gasteiger partial charge >= 0.3 is 0 Å². The maximum Gasteiger partial charge on any atom is 0.122 e. The van der Waals surface area contributed by atoms with E-state index < -0.39 is 0 Å². The zero-order valence-electron chi connectivity index (χ0n) is 15.3. The summed E-state index contributed by atoms with van der Waals surface area (Å²) in [5.41, 5.74) is 2.77. The minimum Gasteiger partial charge on any atom is -0.493 e. The van der Waals surface area contributed by atoms with E-state index in [0.29, 0.717) is 11.5 Å². The smallest absolute Gasteiger partial charge is 0.122 e. The van der Waals surface area contributed by atoms with Crippen LogP contribution < -0.4 is 10.1 Å².